The van der Waals surface area contributed by atoms with E-state index in [0.29, 0.717) is 29.2 Å². The molecule has 3 heterocycles. The number of pyridine rings is 1. The van der Waals surface area contributed by atoms with E-state index < -0.39 is 5.91 Å². The number of benzene rings is 1. The van der Waals surface area contributed by atoms with Gasteiger partial charge in [0.05, 0.1) is 5.52 Å². The number of carbonyl (C=O) groups is 2. The Bertz CT molecular complexity index is 1060. The van der Waals surface area contributed by atoms with Crippen molar-refractivity contribution in [3.8, 4) is 11.5 Å². The highest BCUT2D eigenvalue weighted by Crippen LogP contribution is 2.34. The van der Waals surface area contributed by atoms with Gasteiger partial charge in [0.25, 0.3) is 11.8 Å². The molecule has 0 saturated heterocycles. The van der Waals surface area contributed by atoms with Gasteiger partial charge in [0.2, 0.25) is 12.6 Å². The molecule has 4 rings (SSSR count). The zero-order chi connectivity index (χ0) is 20.2. The number of fused-ring (bicyclic) bond motifs is 2. The molecule has 8 heteroatoms. The van der Waals surface area contributed by atoms with Crippen molar-refractivity contribution < 1.29 is 19.1 Å². The molecule has 1 aromatic carbocycles. The Hall–Kier alpha value is -3.55. The number of nitrogens with one attached hydrogen (secondary N) is 2. The number of anilines is 1. The van der Waals surface area contributed by atoms with Crippen molar-refractivity contribution in [2.75, 3.05) is 18.7 Å². The van der Waals surface area contributed by atoms with Crippen LogP contribution in [0.3, 0.4) is 0 Å². The van der Waals surface area contributed by atoms with Crippen LogP contribution in [0.4, 0.5) is 5.69 Å². The van der Waals surface area contributed by atoms with Crippen molar-refractivity contribution in [2.24, 2.45) is 0 Å². The van der Waals surface area contributed by atoms with E-state index in [1.165, 1.54) is 0 Å². The highest BCUT2D eigenvalue weighted by Gasteiger charge is 2.22. The molecule has 0 saturated carbocycles. The molecule has 0 radical (unpaired) electrons. The van der Waals surface area contributed by atoms with Crippen LogP contribution >= 0.6 is 0 Å². The SMILES string of the molecule is CCCCCNC(=O)c1nc(C(=O)Nc2ccc3c(c2)OCO3)c2ccccn12. The minimum atomic E-state index is -0.405. The second-order valence-corrected chi connectivity index (χ2v) is 6.73. The number of ether oxygens (including phenoxy) is 2. The van der Waals surface area contributed by atoms with Crippen LogP contribution in [-0.4, -0.2) is 34.5 Å². The lowest BCUT2D eigenvalue weighted by molar-refractivity contribution is 0.0942. The van der Waals surface area contributed by atoms with Crippen molar-refractivity contribution in [2.45, 2.75) is 26.2 Å². The monoisotopic (exact) mass is 394 g/mol. The van der Waals surface area contributed by atoms with Crippen LogP contribution in [-0.2, 0) is 0 Å². The molecule has 1 aliphatic heterocycles. The molecule has 2 amide bonds. The van der Waals surface area contributed by atoms with Gasteiger partial charge in [-0.05, 0) is 30.7 Å². The van der Waals surface area contributed by atoms with Crippen molar-refractivity contribution in [1.82, 2.24) is 14.7 Å². The van der Waals surface area contributed by atoms with E-state index in [4.69, 9.17) is 9.47 Å². The third-order valence-corrected chi connectivity index (χ3v) is 4.66. The third kappa shape index (κ3) is 3.87. The van der Waals surface area contributed by atoms with E-state index in [2.05, 4.69) is 22.5 Å². The molecule has 0 bridgehead atoms. The predicted molar refractivity (Wildman–Crippen MR) is 108 cm³/mol. The molecule has 2 aromatic heterocycles. The molecule has 0 fully saturated rings. The Kier molecular flexibility index (Phi) is 5.33. The first-order valence-corrected chi connectivity index (χ1v) is 9.63. The number of hydrogen-bond acceptors (Lipinski definition) is 5. The van der Waals surface area contributed by atoms with E-state index in [1.54, 1.807) is 47.0 Å². The quantitative estimate of drug-likeness (QED) is 0.600. The molecular weight excluding hydrogens is 372 g/mol. The average Bonchev–Trinajstić information content (AvgIpc) is 3.35. The molecule has 29 heavy (non-hydrogen) atoms. The van der Waals surface area contributed by atoms with Gasteiger partial charge in [0.15, 0.2) is 17.2 Å². The average molecular weight is 394 g/mol. The summed E-state index contributed by atoms with van der Waals surface area (Å²) in [6, 6.07) is 10.5. The lowest BCUT2D eigenvalue weighted by Crippen LogP contribution is -2.26. The maximum absolute atomic E-state index is 12.9. The summed E-state index contributed by atoms with van der Waals surface area (Å²) in [5.41, 5.74) is 1.30. The topological polar surface area (TPSA) is 94.0 Å². The summed E-state index contributed by atoms with van der Waals surface area (Å²) in [5, 5.41) is 5.68. The molecule has 8 nitrogen and oxygen atoms in total. The zero-order valence-corrected chi connectivity index (χ0v) is 16.1. The Morgan fingerprint density at radius 1 is 1.10 bits per heavy atom. The van der Waals surface area contributed by atoms with Crippen LogP contribution in [0, 0.1) is 0 Å². The summed E-state index contributed by atoms with van der Waals surface area (Å²) in [6.07, 6.45) is 4.75. The lowest BCUT2D eigenvalue weighted by atomic mass is 10.2. The third-order valence-electron chi connectivity index (χ3n) is 4.66. The fourth-order valence-electron chi connectivity index (χ4n) is 3.19. The molecule has 1 aliphatic rings. The van der Waals surface area contributed by atoms with Crippen LogP contribution < -0.4 is 20.1 Å². The fourth-order valence-corrected chi connectivity index (χ4v) is 3.19. The first-order chi connectivity index (χ1) is 14.2. The van der Waals surface area contributed by atoms with Gasteiger partial charge < -0.3 is 20.1 Å². The standard InChI is InChI=1S/C21H22N4O4/c1-2-3-5-10-22-21(27)19-24-18(15-7-4-6-11-25(15)19)20(26)23-14-8-9-16-17(12-14)29-13-28-16/h4,6-9,11-12H,2-3,5,10,13H2,1H3,(H,22,27)(H,23,26). The Morgan fingerprint density at radius 3 is 2.83 bits per heavy atom. The maximum Gasteiger partial charge on any atom is 0.287 e. The van der Waals surface area contributed by atoms with Crippen LogP contribution in [0.5, 0.6) is 11.5 Å². The van der Waals surface area contributed by atoms with E-state index in [-0.39, 0.29) is 24.2 Å². The maximum atomic E-state index is 12.9. The van der Waals surface area contributed by atoms with Gasteiger partial charge in [-0.15, -0.1) is 0 Å². The minimum absolute atomic E-state index is 0.162. The second-order valence-electron chi connectivity index (χ2n) is 6.73. The fraction of sp³-hybridized carbons (Fsp3) is 0.286. The number of rotatable bonds is 7. The highest BCUT2D eigenvalue weighted by molar-refractivity contribution is 6.09. The molecular formula is C21H22N4O4. The minimum Gasteiger partial charge on any atom is -0.454 e. The molecule has 0 spiro atoms. The van der Waals surface area contributed by atoms with Crippen molar-refractivity contribution in [3.05, 3.63) is 54.1 Å². The van der Waals surface area contributed by atoms with Gasteiger partial charge in [-0.3, -0.25) is 14.0 Å². The normalized spacial score (nSPS) is 12.2. The molecule has 0 atom stereocenters. The van der Waals surface area contributed by atoms with Gasteiger partial charge >= 0.3 is 0 Å². The van der Waals surface area contributed by atoms with Gasteiger partial charge in [0.1, 0.15) is 0 Å². The Morgan fingerprint density at radius 2 is 1.97 bits per heavy atom. The van der Waals surface area contributed by atoms with Gasteiger partial charge in [-0.25, -0.2) is 4.98 Å². The van der Waals surface area contributed by atoms with E-state index in [0.717, 1.165) is 19.3 Å². The summed E-state index contributed by atoms with van der Waals surface area (Å²) in [6.45, 7) is 2.84. The largest absolute Gasteiger partial charge is 0.454 e. The van der Waals surface area contributed by atoms with E-state index in [1.807, 2.05) is 0 Å². The first-order valence-electron chi connectivity index (χ1n) is 9.63. The number of amides is 2. The predicted octanol–water partition coefficient (Wildman–Crippen LogP) is 3.24. The van der Waals surface area contributed by atoms with Crippen LogP contribution in [0.25, 0.3) is 5.52 Å². The Labute approximate surface area is 167 Å². The summed E-state index contributed by atoms with van der Waals surface area (Å²) in [4.78, 5) is 29.8. The van der Waals surface area contributed by atoms with Crippen LogP contribution in [0.1, 0.15) is 47.3 Å². The highest BCUT2D eigenvalue weighted by atomic mass is 16.7. The molecule has 0 aliphatic carbocycles. The van der Waals surface area contributed by atoms with Gasteiger partial charge in [0, 0.05) is 24.5 Å². The van der Waals surface area contributed by atoms with Gasteiger partial charge in [-0.1, -0.05) is 25.8 Å². The number of carbonyl (C=O) groups excluding carboxylic acids is 2. The number of hydrogen-bond donors (Lipinski definition) is 2. The van der Waals surface area contributed by atoms with Crippen molar-refractivity contribution >= 4 is 23.0 Å². The lowest BCUT2D eigenvalue weighted by Gasteiger charge is -2.05. The summed E-state index contributed by atoms with van der Waals surface area (Å²) in [5.74, 6) is 0.692. The summed E-state index contributed by atoms with van der Waals surface area (Å²) < 4.78 is 12.3. The first kappa shape index (κ1) is 18.8. The number of aromatic nitrogens is 2. The summed E-state index contributed by atoms with van der Waals surface area (Å²) in [7, 11) is 0. The smallest absolute Gasteiger partial charge is 0.287 e. The molecule has 2 N–H and O–H groups in total. The van der Waals surface area contributed by atoms with Crippen molar-refractivity contribution in [1.29, 1.82) is 0 Å². The zero-order valence-electron chi connectivity index (χ0n) is 16.1. The summed E-state index contributed by atoms with van der Waals surface area (Å²) >= 11 is 0. The van der Waals surface area contributed by atoms with Crippen LogP contribution in [0.15, 0.2) is 42.6 Å². The molecule has 150 valence electrons. The second kappa shape index (κ2) is 8.22. The van der Waals surface area contributed by atoms with Crippen LogP contribution in [0.2, 0.25) is 0 Å². The van der Waals surface area contributed by atoms with Gasteiger partial charge in [-0.2, -0.15) is 0 Å². The Balaban J connectivity index is 1.57. The van der Waals surface area contributed by atoms with Crippen molar-refractivity contribution in [3.63, 3.8) is 0 Å². The van der Waals surface area contributed by atoms with E-state index >= 15 is 0 Å². The van der Waals surface area contributed by atoms with E-state index in [9.17, 15) is 9.59 Å². The number of unbranched alkanes of at least 4 members (excludes halogenated alkanes) is 2. The molecule has 3 aromatic rings. The number of nitrogens with zero attached hydrogens (tertiary/aromatic N) is 2. The number of imidazole rings is 1. The molecule has 0 unspecified atom stereocenters.